The van der Waals surface area contributed by atoms with Crippen molar-refractivity contribution in [1.82, 2.24) is 4.31 Å². The Labute approximate surface area is 171 Å². The van der Waals surface area contributed by atoms with Crippen LogP contribution in [0.1, 0.15) is 30.4 Å². The van der Waals surface area contributed by atoms with Crippen LogP contribution in [0, 0.1) is 19.7 Å². The summed E-state index contributed by atoms with van der Waals surface area (Å²) in [5.74, 6) is -0.733. The topological polar surface area (TPSA) is 78.5 Å². The molecule has 1 aliphatic heterocycles. The monoisotopic (exact) mass is 419 g/mol. The van der Waals surface area contributed by atoms with E-state index in [-0.39, 0.29) is 23.2 Å². The fourth-order valence-corrected chi connectivity index (χ4v) is 5.13. The zero-order valence-corrected chi connectivity index (χ0v) is 17.5. The average molecular weight is 420 g/mol. The Hall–Kier alpha value is -2.45. The molecule has 2 aromatic carbocycles. The van der Waals surface area contributed by atoms with Gasteiger partial charge in [-0.05, 0) is 62.1 Å². The molecule has 1 heterocycles. The number of sulfonamides is 1. The highest BCUT2D eigenvalue weighted by atomic mass is 32.2. The molecule has 0 radical (unpaired) electrons. The highest BCUT2D eigenvalue weighted by Crippen LogP contribution is 2.26. The van der Waals surface area contributed by atoms with Gasteiger partial charge in [-0.1, -0.05) is 18.6 Å². The Balaban J connectivity index is 1.70. The van der Waals surface area contributed by atoms with Gasteiger partial charge in [0.1, 0.15) is 5.82 Å². The number of carbonyl (C=O) groups is 1. The van der Waals surface area contributed by atoms with Gasteiger partial charge in [-0.25, -0.2) is 12.8 Å². The lowest BCUT2D eigenvalue weighted by Gasteiger charge is -2.26. The van der Waals surface area contributed by atoms with E-state index in [2.05, 4.69) is 10.6 Å². The molecule has 0 saturated carbocycles. The van der Waals surface area contributed by atoms with E-state index < -0.39 is 10.0 Å². The Bertz CT molecular complexity index is 1000. The number of hydrogen-bond acceptors (Lipinski definition) is 4. The van der Waals surface area contributed by atoms with Gasteiger partial charge in [0.05, 0.1) is 11.4 Å². The maximum Gasteiger partial charge on any atom is 0.243 e. The molecule has 0 unspecified atom stereocenters. The van der Waals surface area contributed by atoms with Crippen molar-refractivity contribution >= 4 is 27.3 Å². The zero-order chi connectivity index (χ0) is 21.0. The smallest absolute Gasteiger partial charge is 0.243 e. The van der Waals surface area contributed by atoms with Crippen molar-refractivity contribution in [3.8, 4) is 0 Å². The summed E-state index contributed by atoms with van der Waals surface area (Å²) >= 11 is 0. The Morgan fingerprint density at radius 2 is 1.72 bits per heavy atom. The second kappa shape index (κ2) is 8.92. The molecule has 0 spiro atoms. The van der Waals surface area contributed by atoms with Crippen LogP contribution < -0.4 is 10.6 Å². The second-order valence-electron chi connectivity index (χ2n) is 7.31. The number of amides is 1. The van der Waals surface area contributed by atoms with E-state index in [1.54, 1.807) is 25.1 Å². The van der Waals surface area contributed by atoms with E-state index in [0.29, 0.717) is 30.0 Å². The molecule has 2 aromatic rings. The van der Waals surface area contributed by atoms with Crippen molar-refractivity contribution in [1.29, 1.82) is 0 Å². The van der Waals surface area contributed by atoms with Crippen LogP contribution in [0.4, 0.5) is 15.8 Å². The van der Waals surface area contributed by atoms with Crippen LogP contribution in [0.25, 0.3) is 0 Å². The van der Waals surface area contributed by atoms with E-state index in [4.69, 9.17) is 0 Å². The molecule has 0 aliphatic carbocycles. The molecule has 156 valence electrons. The van der Waals surface area contributed by atoms with Crippen LogP contribution >= 0.6 is 0 Å². The van der Waals surface area contributed by atoms with Gasteiger partial charge in [0.15, 0.2) is 0 Å². The van der Waals surface area contributed by atoms with Gasteiger partial charge in [-0.3, -0.25) is 4.79 Å². The van der Waals surface area contributed by atoms with Crippen molar-refractivity contribution in [2.45, 2.75) is 38.0 Å². The molecule has 29 heavy (non-hydrogen) atoms. The number of carbonyl (C=O) groups excluding carboxylic acids is 1. The van der Waals surface area contributed by atoms with Gasteiger partial charge in [0, 0.05) is 24.5 Å². The third kappa shape index (κ3) is 5.13. The summed E-state index contributed by atoms with van der Waals surface area (Å²) in [6.07, 6.45) is 2.76. The molecule has 1 aliphatic rings. The molecule has 8 heteroatoms. The predicted molar refractivity (Wildman–Crippen MR) is 112 cm³/mol. The summed E-state index contributed by atoms with van der Waals surface area (Å²) in [5, 5.41) is 5.61. The van der Waals surface area contributed by atoms with Crippen molar-refractivity contribution < 1.29 is 17.6 Å². The van der Waals surface area contributed by atoms with Crippen molar-refractivity contribution in [3.63, 3.8) is 0 Å². The summed E-state index contributed by atoms with van der Waals surface area (Å²) in [6.45, 7) is 4.55. The molecule has 2 N–H and O–H groups in total. The van der Waals surface area contributed by atoms with E-state index in [0.717, 1.165) is 24.8 Å². The molecule has 0 bridgehead atoms. The predicted octanol–water partition coefficient (Wildman–Crippen LogP) is 3.67. The van der Waals surface area contributed by atoms with Crippen LogP contribution in [0.15, 0.2) is 41.3 Å². The van der Waals surface area contributed by atoms with Crippen molar-refractivity contribution in [2.75, 3.05) is 30.3 Å². The maximum atomic E-state index is 13.4. The molecule has 0 aromatic heterocycles. The molecule has 3 rings (SSSR count). The fraction of sp³-hybridized carbons (Fsp3) is 0.381. The van der Waals surface area contributed by atoms with Crippen molar-refractivity contribution in [2.24, 2.45) is 0 Å². The lowest BCUT2D eigenvalue weighted by molar-refractivity contribution is -0.114. The van der Waals surface area contributed by atoms with Gasteiger partial charge in [-0.15, -0.1) is 0 Å². The number of halogens is 1. The summed E-state index contributed by atoms with van der Waals surface area (Å²) in [4.78, 5) is 12.5. The Morgan fingerprint density at radius 3 is 2.45 bits per heavy atom. The van der Waals surface area contributed by atoms with Crippen LogP contribution in [0.2, 0.25) is 0 Å². The first-order valence-electron chi connectivity index (χ1n) is 9.68. The molecule has 6 nitrogen and oxygen atoms in total. The van der Waals surface area contributed by atoms with Crippen LogP contribution in [0.3, 0.4) is 0 Å². The third-order valence-electron chi connectivity index (χ3n) is 5.04. The second-order valence-corrected chi connectivity index (χ2v) is 9.21. The summed E-state index contributed by atoms with van der Waals surface area (Å²) in [7, 11) is -3.59. The molecule has 1 amide bonds. The first-order valence-corrected chi connectivity index (χ1v) is 11.1. The number of aryl methyl sites for hydroxylation is 2. The Kier molecular flexibility index (Phi) is 6.54. The van der Waals surface area contributed by atoms with Gasteiger partial charge in [0.2, 0.25) is 15.9 Å². The van der Waals surface area contributed by atoms with Crippen LogP contribution in [-0.4, -0.2) is 38.3 Å². The number of piperidine rings is 1. The fourth-order valence-electron chi connectivity index (χ4n) is 3.37. The number of rotatable bonds is 6. The van der Waals surface area contributed by atoms with Crippen molar-refractivity contribution in [3.05, 3.63) is 53.3 Å². The standard InChI is InChI=1S/C21H26FN3O3S/c1-15-6-8-17(22)12-19(15)23-14-21(26)24-18-9-7-16(2)20(13-18)29(27,28)25-10-4-3-5-11-25/h6-9,12-13,23H,3-5,10-11,14H2,1-2H3,(H,24,26). The zero-order valence-electron chi connectivity index (χ0n) is 16.7. The first-order chi connectivity index (χ1) is 13.8. The lowest BCUT2D eigenvalue weighted by atomic mass is 10.2. The van der Waals surface area contributed by atoms with Gasteiger partial charge < -0.3 is 10.6 Å². The van der Waals surface area contributed by atoms with E-state index in [1.165, 1.54) is 22.5 Å². The van der Waals surface area contributed by atoms with E-state index >= 15 is 0 Å². The number of anilines is 2. The highest BCUT2D eigenvalue weighted by molar-refractivity contribution is 7.89. The van der Waals surface area contributed by atoms with Gasteiger partial charge in [0.25, 0.3) is 0 Å². The summed E-state index contributed by atoms with van der Waals surface area (Å²) < 4.78 is 40.9. The summed E-state index contributed by atoms with van der Waals surface area (Å²) in [6, 6.07) is 9.19. The minimum Gasteiger partial charge on any atom is -0.376 e. The quantitative estimate of drug-likeness (QED) is 0.749. The lowest BCUT2D eigenvalue weighted by Crippen LogP contribution is -2.36. The molecule has 1 saturated heterocycles. The van der Waals surface area contributed by atoms with Gasteiger partial charge >= 0.3 is 0 Å². The molecule has 1 fully saturated rings. The number of nitrogens with zero attached hydrogens (tertiary/aromatic N) is 1. The van der Waals surface area contributed by atoms with E-state index in [1.807, 2.05) is 6.92 Å². The number of hydrogen-bond donors (Lipinski definition) is 2. The molecular weight excluding hydrogens is 393 g/mol. The third-order valence-corrected chi connectivity index (χ3v) is 7.08. The van der Waals surface area contributed by atoms with Crippen LogP contribution in [-0.2, 0) is 14.8 Å². The largest absolute Gasteiger partial charge is 0.376 e. The minimum atomic E-state index is -3.59. The van der Waals surface area contributed by atoms with Gasteiger partial charge in [-0.2, -0.15) is 4.31 Å². The van der Waals surface area contributed by atoms with Crippen LogP contribution in [0.5, 0.6) is 0 Å². The minimum absolute atomic E-state index is 0.0631. The number of nitrogens with one attached hydrogen (secondary N) is 2. The maximum absolute atomic E-state index is 13.4. The molecular formula is C21H26FN3O3S. The SMILES string of the molecule is Cc1ccc(F)cc1NCC(=O)Nc1ccc(C)c(S(=O)(=O)N2CCCCC2)c1. The highest BCUT2D eigenvalue weighted by Gasteiger charge is 2.27. The molecule has 0 atom stereocenters. The summed E-state index contributed by atoms with van der Waals surface area (Å²) in [5.41, 5.74) is 2.41. The van der Waals surface area contributed by atoms with E-state index in [9.17, 15) is 17.6 Å². The normalized spacial score (nSPS) is 15.1. The average Bonchev–Trinajstić information content (AvgIpc) is 2.70. The Morgan fingerprint density at radius 1 is 1.03 bits per heavy atom. The first kappa shape index (κ1) is 21.3. The number of benzene rings is 2.